The number of rotatable bonds is 5. The Kier molecular flexibility index (Phi) is 9.82. The van der Waals surface area contributed by atoms with Crippen LogP contribution in [0.25, 0.3) is 10.9 Å². The van der Waals surface area contributed by atoms with Gasteiger partial charge in [0.1, 0.15) is 23.6 Å². The molecule has 3 aliphatic heterocycles. The topological polar surface area (TPSA) is 62.8 Å². The van der Waals surface area contributed by atoms with Crippen LogP contribution in [0, 0.1) is 17.0 Å². The third kappa shape index (κ3) is 7.50. The third-order valence-electron chi connectivity index (χ3n) is 8.29. The van der Waals surface area contributed by atoms with Gasteiger partial charge in [-0.25, -0.2) is 13.2 Å². The molecule has 1 atom stereocenters. The molecular formula is C32H43F3N4O2. The zero-order chi connectivity index (χ0) is 29.8. The van der Waals surface area contributed by atoms with Gasteiger partial charge in [-0.2, -0.15) is 0 Å². The minimum atomic E-state index is -1.14. The van der Waals surface area contributed by atoms with E-state index in [1.165, 1.54) is 34.3 Å². The lowest BCUT2D eigenvalue weighted by atomic mass is 9.73. The monoisotopic (exact) mass is 572 g/mol. The van der Waals surface area contributed by atoms with E-state index in [0.717, 1.165) is 71.4 Å². The van der Waals surface area contributed by atoms with Gasteiger partial charge in [0.25, 0.3) is 0 Å². The lowest BCUT2D eigenvalue weighted by molar-refractivity contribution is -0.112. The molecule has 3 aliphatic rings. The van der Waals surface area contributed by atoms with Gasteiger partial charge in [-0.05, 0) is 63.8 Å². The van der Waals surface area contributed by atoms with Gasteiger partial charge >= 0.3 is 0 Å². The average Bonchev–Trinajstić information content (AvgIpc) is 3.26. The molecule has 0 radical (unpaired) electrons. The highest BCUT2D eigenvalue weighted by Crippen LogP contribution is 2.40. The first-order valence-electron chi connectivity index (χ1n) is 14.4. The van der Waals surface area contributed by atoms with Crippen molar-refractivity contribution in [2.45, 2.75) is 58.3 Å². The number of para-hydroxylation sites is 1. The van der Waals surface area contributed by atoms with E-state index in [1.54, 1.807) is 13.8 Å². The zero-order valence-electron chi connectivity index (χ0n) is 24.6. The van der Waals surface area contributed by atoms with Gasteiger partial charge in [-0.3, -0.25) is 9.80 Å². The number of hydrogen-bond donors (Lipinski definition) is 2. The molecule has 2 saturated heterocycles. The fourth-order valence-corrected chi connectivity index (χ4v) is 6.65. The van der Waals surface area contributed by atoms with Gasteiger partial charge < -0.3 is 19.8 Å². The molecule has 2 aromatic carbocycles. The fraction of sp³-hybridized carbons (Fsp3) is 0.531. The first kappa shape index (κ1) is 31.1. The number of piperidine rings is 1. The number of carbonyl (C=O) groups excluding carboxylic acids is 1. The van der Waals surface area contributed by atoms with E-state index in [-0.39, 0.29) is 5.41 Å². The van der Waals surface area contributed by atoms with Gasteiger partial charge in [0.15, 0.2) is 0 Å². The number of aromatic nitrogens is 1. The first-order chi connectivity index (χ1) is 19.5. The molecule has 3 aromatic rings. The second-order valence-corrected chi connectivity index (χ2v) is 12.3. The maximum absolute atomic E-state index is 13.9. The standard InChI is InChI=1S/C16H21FN2.C15H18F2N2O.CH4O/c1-11-8-13-12-6-4-5-7-14(12)18-15(13)9-19(11)10-16(2,3)17;16-12-6-13(17)8-14(7-12)19-3-1-2-15(11-19)9-18(10-15)4-5-20;1-2/h4-7,11,18H,8-10H2,1-3H3;5-8H,1-4,9-11H2;2H,1H3. The summed E-state index contributed by atoms with van der Waals surface area (Å²) < 4.78 is 40.5. The Balaban J connectivity index is 0.000000178. The molecule has 224 valence electrons. The summed E-state index contributed by atoms with van der Waals surface area (Å²) in [7, 11) is 1.00. The van der Waals surface area contributed by atoms with Gasteiger partial charge in [0, 0.05) is 86.2 Å². The third-order valence-corrected chi connectivity index (χ3v) is 8.29. The van der Waals surface area contributed by atoms with Crippen LogP contribution in [0.15, 0.2) is 42.5 Å². The number of aldehydes is 1. The number of carbonyl (C=O) groups is 1. The van der Waals surface area contributed by atoms with Crippen LogP contribution in [0.1, 0.15) is 44.9 Å². The number of likely N-dealkylation sites (tertiary alicyclic amines) is 1. The van der Waals surface area contributed by atoms with Crippen molar-refractivity contribution in [3.05, 3.63) is 65.4 Å². The van der Waals surface area contributed by atoms with Crippen LogP contribution in [0.3, 0.4) is 0 Å². The number of hydrogen-bond acceptors (Lipinski definition) is 5. The Morgan fingerprint density at radius 3 is 2.44 bits per heavy atom. The molecule has 2 N–H and O–H groups in total. The largest absolute Gasteiger partial charge is 0.400 e. The second-order valence-electron chi connectivity index (χ2n) is 12.3. The summed E-state index contributed by atoms with van der Waals surface area (Å²) in [5.41, 5.74) is 3.53. The molecule has 1 spiro atoms. The van der Waals surface area contributed by atoms with Crippen LogP contribution < -0.4 is 4.90 Å². The lowest BCUT2D eigenvalue weighted by Gasteiger charge is -2.54. The molecule has 4 heterocycles. The molecule has 1 unspecified atom stereocenters. The van der Waals surface area contributed by atoms with E-state index in [0.29, 0.717) is 24.8 Å². The molecule has 6 rings (SSSR count). The van der Waals surface area contributed by atoms with E-state index in [1.807, 2.05) is 0 Å². The van der Waals surface area contributed by atoms with Crippen molar-refractivity contribution in [3.8, 4) is 0 Å². The molecular weight excluding hydrogens is 529 g/mol. The van der Waals surface area contributed by atoms with Crippen molar-refractivity contribution in [1.29, 1.82) is 0 Å². The molecule has 41 heavy (non-hydrogen) atoms. The van der Waals surface area contributed by atoms with Crippen molar-refractivity contribution in [1.82, 2.24) is 14.8 Å². The summed E-state index contributed by atoms with van der Waals surface area (Å²) in [4.78, 5) is 20.4. The second kappa shape index (κ2) is 13.0. The summed E-state index contributed by atoms with van der Waals surface area (Å²) >= 11 is 0. The van der Waals surface area contributed by atoms with E-state index < -0.39 is 17.3 Å². The van der Waals surface area contributed by atoms with Crippen molar-refractivity contribution in [2.24, 2.45) is 5.41 Å². The highest BCUT2D eigenvalue weighted by Gasteiger charge is 2.45. The number of aliphatic hydroxyl groups is 1. The number of H-pyrrole nitrogens is 1. The Morgan fingerprint density at radius 2 is 1.78 bits per heavy atom. The molecule has 0 saturated carbocycles. The zero-order valence-corrected chi connectivity index (χ0v) is 24.6. The quantitative estimate of drug-likeness (QED) is 0.405. The van der Waals surface area contributed by atoms with Crippen molar-refractivity contribution < 1.29 is 23.1 Å². The van der Waals surface area contributed by atoms with Crippen LogP contribution in [0.4, 0.5) is 18.9 Å². The Morgan fingerprint density at radius 1 is 1.10 bits per heavy atom. The summed E-state index contributed by atoms with van der Waals surface area (Å²) in [6, 6.07) is 12.5. The number of halogens is 3. The van der Waals surface area contributed by atoms with Crippen LogP contribution >= 0.6 is 0 Å². The predicted octanol–water partition coefficient (Wildman–Crippen LogP) is 5.34. The summed E-state index contributed by atoms with van der Waals surface area (Å²) in [6.45, 7) is 10.7. The fourth-order valence-electron chi connectivity index (χ4n) is 6.65. The highest BCUT2D eigenvalue weighted by molar-refractivity contribution is 5.84. The van der Waals surface area contributed by atoms with E-state index in [9.17, 15) is 18.0 Å². The summed E-state index contributed by atoms with van der Waals surface area (Å²) in [6.07, 6.45) is 4.06. The predicted molar refractivity (Wildman–Crippen MR) is 158 cm³/mol. The Bertz CT molecular complexity index is 1300. The number of nitrogens with one attached hydrogen (secondary N) is 1. The summed E-state index contributed by atoms with van der Waals surface area (Å²) in [5, 5.41) is 8.32. The molecule has 0 aliphatic carbocycles. The number of fused-ring (bicyclic) bond motifs is 3. The molecule has 1 aromatic heterocycles. The Hall–Kier alpha value is -2.88. The number of aliphatic hydroxyl groups excluding tert-OH is 1. The minimum Gasteiger partial charge on any atom is -0.400 e. The lowest BCUT2D eigenvalue weighted by Crippen LogP contribution is -2.63. The highest BCUT2D eigenvalue weighted by atomic mass is 19.1. The van der Waals surface area contributed by atoms with Crippen molar-refractivity contribution >= 4 is 22.9 Å². The number of aromatic amines is 1. The van der Waals surface area contributed by atoms with Gasteiger partial charge in [0.2, 0.25) is 0 Å². The smallest absolute Gasteiger partial charge is 0.133 e. The average molecular weight is 573 g/mol. The van der Waals surface area contributed by atoms with E-state index in [2.05, 4.69) is 50.9 Å². The molecule has 9 heteroatoms. The summed E-state index contributed by atoms with van der Waals surface area (Å²) in [5.74, 6) is -1.06. The normalized spacial score (nSPS) is 20.4. The van der Waals surface area contributed by atoms with Gasteiger partial charge in [-0.15, -0.1) is 0 Å². The molecule has 6 nitrogen and oxygen atoms in total. The number of nitrogens with zero attached hydrogens (tertiary/aromatic N) is 3. The number of alkyl halides is 1. The van der Waals surface area contributed by atoms with Gasteiger partial charge in [0.05, 0.1) is 6.54 Å². The first-order valence-corrected chi connectivity index (χ1v) is 14.4. The SMILES string of the molecule is CC1Cc2c([nH]c3ccccc23)CN1CC(C)(C)F.CO.O=CCN1CC2(CCCN(c3cc(F)cc(F)c3)C2)C1. The number of benzene rings is 2. The van der Waals surface area contributed by atoms with Crippen LogP contribution in [0.5, 0.6) is 0 Å². The maximum atomic E-state index is 13.9. The van der Waals surface area contributed by atoms with Crippen LogP contribution in [0.2, 0.25) is 0 Å². The van der Waals surface area contributed by atoms with Gasteiger partial charge in [-0.1, -0.05) is 18.2 Å². The van der Waals surface area contributed by atoms with Crippen LogP contribution in [-0.4, -0.2) is 84.3 Å². The molecule has 2 fully saturated rings. The molecule has 0 bridgehead atoms. The Labute approximate surface area is 241 Å². The van der Waals surface area contributed by atoms with Crippen molar-refractivity contribution in [3.63, 3.8) is 0 Å². The number of anilines is 1. The van der Waals surface area contributed by atoms with Crippen LogP contribution in [-0.2, 0) is 17.8 Å². The molecule has 0 amide bonds. The van der Waals surface area contributed by atoms with Crippen molar-refractivity contribution in [2.75, 3.05) is 51.3 Å². The maximum Gasteiger partial charge on any atom is 0.133 e. The van der Waals surface area contributed by atoms with E-state index in [4.69, 9.17) is 5.11 Å². The minimum absolute atomic E-state index is 0.185. The van der Waals surface area contributed by atoms with E-state index >= 15 is 0 Å².